The first kappa shape index (κ1) is 12.3. The van der Waals surface area contributed by atoms with Gasteiger partial charge in [-0.05, 0) is 31.0 Å². The zero-order valence-electron chi connectivity index (χ0n) is 10.5. The molecule has 0 aliphatic carbocycles. The molecule has 19 heavy (non-hydrogen) atoms. The van der Waals surface area contributed by atoms with Crippen molar-refractivity contribution >= 4 is 28.7 Å². The molecule has 0 bridgehead atoms. The second-order valence-electron chi connectivity index (χ2n) is 4.88. The summed E-state index contributed by atoms with van der Waals surface area (Å²) in [4.78, 5) is 2.12. The monoisotopic (exact) mass is 276 g/mol. The third kappa shape index (κ3) is 1.94. The summed E-state index contributed by atoms with van der Waals surface area (Å²) in [7, 11) is 0. The molecule has 0 radical (unpaired) electrons. The minimum absolute atomic E-state index is 0.0979. The fourth-order valence-electron chi connectivity index (χ4n) is 2.69. The van der Waals surface area contributed by atoms with Crippen LogP contribution in [0.15, 0.2) is 36.4 Å². The molecule has 0 amide bonds. The van der Waals surface area contributed by atoms with E-state index in [9.17, 15) is 4.39 Å². The highest BCUT2D eigenvalue weighted by molar-refractivity contribution is 6.31. The molecule has 2 aromatic carbocycles. The van der Waals surface area contributed by atoms with E-state index in [0.717, 1.165) is 17.8 Å². The number of benzene rings is 2. The van der Waals surface area contributed by atoms with Crippen LogP contribution in [-0.4, -0.2) is 6.04 Å². The Hall–Kier alpha value is -1.74. The zero-order valence-corrected chi connectivity index (χ0v) is 11.3. The van der Waals surface area contributed by atoms with Gasteiger partial charge in [-0.25, -0.2) is 4.39 Å². The largest absolute Gasteiger partial charge is 0.397 e. The van der Waals surface area contributed by atoms with E-state index in [4.69, 9.17) is 17.3 Å². The molecule has 2 nitrogen and oxygen atoms in total. The van der Waals surface area contributed by atoms with Crippen molar-refractivity contribution in [2.24, 2.45) is 0 Å². The third-order valence-corrected chi connectivity index (χ3v) is 3.83. The average molecular weight is 277 g/mol. The quantitative estimate of drug-likeness (QED) is 0.793. The van der Waals surface area contributed by atoms with Gasteiger partial charge in [0.25, 0.3) is 0 Å². The molecular weight excluding hydrogens is 263 g/mol. The maximum atomic E-state index is 13.4. The number of rotatable bonds is 1. The summed E-state index contributed by atoms with van der Waals surface area (Å²) in [5, 5.41) is 0.0979. The highest BCUT2D eigenvalue weighted by atomic mass is 35.5. The Bertz CT molecular complexity index is 642. The number of hydrogen-bond acceptors (Lipinski definition) is 2. The molecule has 2 aromatic rings. The van der Waals surface area contributed by atoms with Gasteiger partial charge < -0.3 is 10.6 Å². The number of hydrogen-bond donors (Lipinski definition) is 1. The standard InChI is InChI=1S/C15H14ClFN2/c1-9-6-10-4-2-3-5-14(10)19(9)15-7-11(16)12(17)8-13(15)18/h2-5,7-9H,6,18H2,1H3. The van der Waals surface area contributed by atoms with E-state index in [2.05, 4.69) is 24.0 Å². The molecule has 1 heterocycles. The lowest BCUT2D eigenvalue weighted by molar-refractivity contribution is 0.628. The maximum absolute atomic E-state index is 13.4. The van der Waals surface area contributed by atoms with Gasteiger partial charge in [0.05, 0.1) is 16.4 Å². The van der Waals surface area contributed by atoms with Crippen LogP contribution in [-0.2, 0) is 6.42 Å². The van der Waals surface area contributed by atoms with E-state index in [1.807, 2.05) is 12.1 Å². The SMILES string of the molecule is CC1Cc2ccccc2N1c1cc(Cl)c(F)cc1N. The Morgan fingerprint density at radius 2 is 2.00 bits per heavy atom. The van der Waals surface area contributed by atoms with Crippen molar-refractivity contribution in [1.82, 2.24) is 0 Å². The second-order valence-corrected chi connectivity index (χ2v) is 5.28. The molecule has 0 spiro atoms. The fraction of sp³-hybridized carbons (Fsp3) is 0.200. The normalized spacial score (nSPS) is 17.6. The number of nitrogens with zero attached hydrogens (tertiary/aromatic N) is 1. The average Bonchev–Trinajstić information content (AvgIpc) is 2.70. The van der Waals surface area contributed by atoms with Crippen molar-refractivity contribution in [1.29, 1.82) is 0 Å². The Balaban J connectivity index is 2.15. The molecule has 98 valence electrons. The van der Waals surface area contributed by atoms with Gasteiger partial charge in [-0.15, -0.1) is 0 Å². The molecule has 1 atom stereocenters. The fourth-order valence-corrected chi connectivity index (χ4v) is 2.85. The predicted octanol–water partition coefficient (Wildman–Crippen LogP) is 4.14. The first-order valence-corrected chi connectivity index (χ1v) is 6.57. The number of anilines is 3. The van der Waals surface area contributed by atoms with Gasteiger partial charge in [-0.1, -0.05) is 29.8 Å². The summed E-state index contributed by atoms with van der Waals surface area (Å²) >= 11 is 5.88. The maximum Gasteiger partial charge on any atom is 0.143 e. The van der Waals surface area contributed by atoms with Crippen molar-refractivity contribution in [2.45, 2.75) is 19.4 Å². The second kappa shape index (κ2) is 4.42. The summed E-state index contributed by atoms with van der Waals surface area (Å²) in [5.74, 6) is -0.483. The van der Waals surface area contributed by atoms with E-state index >= 15 is 0 Å². The molecule has 2 N–H and O–H groups in total. The van der Waals surface area contributed by atoms with Crippen LogP contribution in [0.2, 0.25) is 5.02 Å². The summed E-state index contributed by atoms with van der Waals surface area (Å²) < 4.78 is 13.4. The number of para-hydroxylation sites is 1. The van der Waals surface area contributed by atoms with Gasteiger partial charge in [0.2, 0.25) is 0 Å². The first-order chi connectivity index (χ1) is 9.08. The number of nitrogen functional groups attached to an aromatic ring is 1. The number of nitrogens with two attached hydrogens (primary N) is 1. The van der Waals surface area contributed by atoms with Crippen LogP contribution in [0.1, 0.15) is 12.5 Å². The molecule has 1 aliphatic heterocycles. The van der Waals surface area contributed by atoms with E-state index < -0.39 is 5.82 Å². The van der Waals surface area contributed by atoms with E-state index in [-0.39, 0.29) is 11.1 Å². The van der Waals surface area contributed by atoms with Gasteiger partial charge >= 0.3 is 0 Å². The molecule has 0 saturated heterocycles. The Labute approximate surface area is 116 Å². The highest BCUT2D eigenvalue weighted by Crippen LogP contribution is 2.41. The minimum Gasteiger partial charge on any atom is -0.397 e. The summed E-state index contributed by atoms with van der Waals surface area (Å²) in [6.07, 6.45) is 0.949. The van der Waals surface area contributed by atoms with Gasteiger partial charge in [0, 0.05) is 17.8 Å². The van der Waals surface area contributed by atoms with E-state index in [0.29, 0.717) is 5.69 Å². The highest BCUT2D eigenvalue weighted by Gasteiger charge is 2.28. The van der Waals surface area contributed by atoms with Crippen LogP contribution in [0.3, 0.4) is 0 Å². The van der Waals surface area contributed by atoms with Gasteiger partial charge in [-0.2, -0.15) is 0 Å². The van der Waals surface area contributed by atoms with Crippen molar-refractivity contribution in [3.8, 4) is 0 Å². The molecule has 0 fully saturated rings. The van der Waals surface area contributed by atoms with Crippen LogP contribution in [0.4, 0.5) is 21.5 Å². The van der Waals surface area contributed by atoms with Crippen LogP contribution >= 0.6 is 11.6 Å². The molecule has 1 unspecified atom stereocenters. The smallest absolute Gasteiger partial charge is 0.143 e. The summed E-state index contributed by atoms with van der Waals surface area (Å²) in [6, 6.07) is 11.3. The zero-order chi connectivity index (χ0) is 13.6. The Morgan fingerprint density at radius 3 is 2.79 bits per heavy atom. The van der Waals surface area contributed by atoms with Crippen molar-refractivity contribution < 1.29 is 4.39 Å². The van der Waals surface area contributed by atoms with Crippen molar-refractivity contribution in [3.63, 3.8) is 0 Å². The third-order valence-electron chi connectivity index (χ3n) is 3.54. The molecular formula is C15H14ClFN2. The molecule has 4 heteroatoms. The molecule has 1 aliphatic rings. The van der Waals surface area contributed by atoms with Gasteiger partial charge in [0.1, 0.15) is 5.82 Å². The molecule has 3 rings (SSSR count). The summed E-state index contributed by atoms with van der Waals surface area (Å²) in [6.45, 7) is 2.12. The van der Waals surface area contributed by atoms with E-state index in [1.165, 1.54) is 11.6 Å². The van der Waals surface area contributed by atoms with Crippen molar-refractivity contribution in [3.05, 3.63) is 52.8 Å². The minimum atomic E-state index is -0.483. The van der Waals surface area contributed by atoms with Crippen LogP contribution in [0, 0.1) is 5.82 Å². The Morgan fingerprint density at radius 1 is 1.26 bits per heavy atom. The Kier molecular flexibility index (Phi) is 2.86. The van der Waals surface area contributed by atoms with Crippen molar-refractivity contribution in [2.75, 3.05) is 10.6 Å². The lowest BCUT2D eigenvalue weighted by atomic mass is 10.1. The predicted molar refractivity (Wildman–Crippen MR) is 77.6 cm³/mol. The number of fused-ring (bicyclic) bond motifs is 1. The van der Waals surface area contributed by atoms with E-state index in [1.54, 1.807) is 6.07 Å². The van der Waals surface area contributed by atoms with Crippen LogP contribution in [0.5, 0.6) is 0 Å². The van der Waals surface area contributed by atoms with Crippen LogP contribution in [0.25, 0.3) is 0 Å². The molecule has 0 aromatic heterocycles. The molecule has 0 saturated carbocycles. The summed E-state index contributed by atoms with van der Waals surface area (Å²) in [5.41, 5.74) is 9.51. The van der Waals surface area contributed by atoms with Crippen LogP contribution < -0.4 is 10.6 Å². The van der Waals surface area contributed by atoms with Gasteiger partial charge in [0.15, 0.2) is 0 Å². The topological polar surface area (TPSA) is 29.3 Å². The first-order valence-electron chi connectivity index (χ1n) is 6.19. The lowest BCUT2D eigenvalue weighted by Crippen LogP contribution is -2.24. The van der Waals surface area contributed by atoms with Gasteiger partial charge in [-0.3, -0.25) is 0 Å². The number of halogens is 2. The lowest BCUT2D eigenvalue weighted by Gasteiger charge is -2.26.